The Kier molecular flexibility index (Phi) is 4.94. The number of phenolic OH excluding ortho intramolecular Hbond substituents is 1. The Morgan fingerprint density at radius 3 is 2.67 bits per heavy atom. The lowest BCUT2D eigenvalue weighted by molar-refractivity contribution is 0.0370. The summed E-state index contributed by atoms with van der Waals surface area (Å²) in [4.78, 5) is 26.6. The fourth-order valence-corrected chi connectivity index (χ4v) is 2.82. The van der Waals surface area contributed by atoms with Crippen molar-refractivity contribution in [1.82, 2.24) is 4.90 Å². The number of carbonyl (C=O) groups excluding carboxylic acids is 1. The van der Waals surface area contributed by atoms with Gasteiger partial charge in [0.05, 0.1) is 19.8 Å². The van der Waals surface area contributed by atoms with Crippen LogP contribution >= 0.6 is 0 Å². The second kappa shape index (κ2) is 7.12. The molecule has 2 N–H and O–H groups in total. The minimum absolute atomic E-state index is 0.0313. The molecule has 0 atom stereocenters. The number of benzene rings is 1. The molecular weight excluding hydrogens is 314 g/mol. The van der Waals surface area contributed by atoms with Crippen molar-refractivity contribution in [1.29, 1.82) is 0 Å². The number of hydrogen-bond donors (Lipinski definition) is 2. The van der Waals surface area contributed by atoms with Gasteiger partial charge in [-0.2, -0.15) is 0 Å². The van der Waals surface area contributed by atoms with E-state index in [1.807, 2.05) is 0 Å². The number of ketones is 1. The molecule has 128 valence electrons. The fourth-order valence-electron chi connectivity index (χ4n) is 2.82. The van der Waals surface area contributed by atoms with Crippen molar-refractivity contribution in [2.45, 2.75) is 13.0 Å². The summed E-state index contributed by atoms with van der Waals surface area (Å²) >= 11 is 0. The standard InChI is InChI=1S/C17H19NO6/c19-10-11-7-12(20)8-16-13(11)9-14(17(22)24-16)15(21)1-2-18-3-5-23-6-4-18/h7-9,19-20H,1-6,10H2. The molecule has 1 aromatic heterocycles. The molecule has 3 rings (SSSR count). The topological polar surface area (TPSA) is 100 Å². The minimum atomic E-state index is -0.732. The number of aromatic hydroxyl groups is 1. The van der Waals surface area contributed by atoms with Crippen molar-refractivity contribution in [3.8, 4) is 5.75 Å². The summed E-state index contributed by atoms with van der Waals surface area (Å²) in [7, 11) is 0. The average molecular weight is 333 g/mol. The monoisotopic (exact) mass is 333 g/mol. The van der Waals surface area contributed by atoms with E-state index in [1.165, 1.54) is 18.2 Å². The van der Waals surface area contributed by atoms with Crippen molar-refractivity contribution in [3.63, 3.8) is 0 Å². The van der Waals surface area contributed by atoms with E-state index in [1.54, 1.807) is 0 Å². The highest BCUT2D eigenvalue weighted by Gasteiger charge is 2.18. The number of nitrogens with zero attached hydrogens (tertiary/aromatic N) is 1. The largest absolute Gasteiger partial charge is 0.508 e. The van der Waals surface area contributed by atoms with Gasteiger partial charge < -0.3 is 19.4 Å². The normalized spacial score (nSPS) is 15.7. The molecule has 0 radical (unpaired) electrons. The van der Waals surface area contributed by atoms with Crippen molar-refractivity contribution < 1.29 is 24.2 Å². The Bertz CT molecular complexity index is 807. The summed E-state index contributed by atoms with van der Waals surface area (Å²) in [5, 5.41) is 19.4. The number of carbonyl (C=O) groups is 1. The number of rotatable bonds is 5. The van der Waals surface area contributed by atoms with Crippen LogP contribution in [-0.4, -0.2) is 53.7 Å². The number of aliphatic hydroxyl groups is 1. The predicted octanol–water partition coefficient (Wildman–Crippen LogP) is 0.896. The maximum absolute atomic E-state index is 12.4. The third-order valence-electron chi connectivity index (χ3n) is 4.15. The van der Waals surface area contributed by atoms with Gasteiger partial charge >= 0.3 is 5.63 Å². The van der Waals surface area contributed by atoms with Crippen molar-refractivity contribution in [3.05, 3.63) is 39.7 Å². The Hall–Kier alpha value is -2.22. The van der Waals surface area contributed by atoms with E-state index in [2.05, 4.69) is 4.90 Å². The first-order chi connectivity index (χ1) is 11.6. The molecule has 7 heteroatoms. The molecule has 0 amide bonds. The molecule has 0 spiro atoms. The van der Waals surface area contributed by atoms with Crippen LogP contribution in [0.4, 0.5) is 0 Å². The van der Waals surface area contributed by atoms with Crippen LogP contribution in [0, 0.1) is 0 Å². The molecule has 1 aromatic carbocycles. The molecule has 1 aliphatic rings. The van der Waals surface area contributed by atoms with Gasteiger partial charge in [0, 0.05) is 37.5 Å². The Balaban J connectivity index is 1.85. The van der Waals surface area contributed by atoms with Gasteiger partial charge in [0.1, 0.15) is 16.9 Å². The van der Waals surface area contributed by atoms with E-state index < -0.39 is 5.63 Å². The number of phenols is 1. The molecule has 0 aliphatic carbocycles. The highest BCUT2D eigenvalue weighted by Crippen LogP contribution is 2.25. The molecule has 0 saturated carbocycles. The van der Waals surface area contributed by atoms with Crippen molar-refractivity contribution in [2.75, 3.05) is 32.8 Å². The first-order valence-corrected chi connectivity index (χ1v) is 7.82. The highest BCUT2D eigenvalue weighted by molar-refractivity contribution is 5.98. The van der Waals surface area contributed by atoms with Crippen LogP contribution in [0.25, 0.3) is 11.0 Å². The van der Waals surface area contributed by atoms with Gasteiger partial charge in [-0.05, 0) is 17.7 Å². The third-order valence-corrected chi connectivity index (χ3v) is 4.15. The fraction of sp³-hybridized carbons (Fsp3) is 0.412. The van der Waals surface area contributed by atoms with Crippen molar-refractivity contribution >= 4 is 16.8 Å². The zero-order valence-corrected chi connectivity index (χ0v) is 13.2. The van der Waals surface area contributed by atoms with E-state index >= 15 is 0 Å². The average Bonchev–Trinajstić information content (AvgIpc) is 2.59. The molecule has 1 aliphatic heterocycles. The van der Waals surface area contributed by atoms with Crippen LogP contribution in [0.1, 0.15) is 22.3 Å². The minimum Gasteiger partial charge on any atom is -0.508 e. The van der Waals surface area contributed by atoms with Gasteiger partial charge in [-0.25, -0.2) is 4.79 Å². The SMILES string of the molecule is O=C(CCN1CCOCC1)c1cc2c(CO)cc(O)cc2oc1=O. The summed E-state index contributed by atoms with van der Waals surface area (Å²) in [6, 6.07) is 4.11. The Labute approximate surface area is 138 Å². The van der Waals surface area contributed by atoms with Gasteiger partial charge in [0.2, 0.25) is 0 Å². The number of Topliss-reactive ketones (excluding diaryl/α,β-unsaturated/α-hetero) is 1. The van der Waals surface area contributed by atoms with Crippen LogP contribution in [0.5, 0.6) is 5.75 Å². The second-order valence-electron chi connectivity index (χ2n) is 5.75. The summed E-state index contributed by atoms with van der Waals surface area (Å²) in [6.45, 7) is 3.06. The number of hydrogen-bond acceptors (Lipinski definition) is 7. The van der Waals surface area contributed by atoms with E-state index in [-0.39, 0.29) is 35.7 Å². The van der Waals surface area contributed by atoms with Crippen LogP contribution in [0.3, 0.4) is 0 Å². The molecule has 0 unspecified atom stereocenters. The smallest absolute Gasteiger partial charge is 0.347 e. The maximum Gasteiger partial charge on any atom is 0.347 e. The van der Waals surface area contributed by atoms with Gasteiger partial charge in [-0.15, -0.1) is 0 Å². The lowest BCUT2D eigenvalue weighted by atomic mass is 10.0. The number of fused-ring (bicyclic) bond motifs is 1. The first kappa shape index (κ1) is 16.6. The van der Waals surface area contributed by atoms with Crippen LogP contribution in [0.2, 0.25) is 0 Å². The quantitative estimate of drug-likeness (QED) is 0.619. The Morgan fingerprint density at radius 1 is 1.21 bits per heavy atom. The highest BCUT2D eigenvalue weighted by atomic mass is 16.5. The molecule has 7 nitrogen and oxygen atoms in total. The van der Waals surface area contributed by atoms with Gasteiger partial charge in [-0.3, -0.25) is 9.69 Å². The van der Waals surface area contributed by atoms with Gasteiger partial charge in [0.15, 0.2) is 5.78 Å². The lowest BCUT2D eigenvalue weighted by Crippen LogP contribution is -2.37. The van der Waals surface area contributed by atoms with E-state index in [0.717, 1.165) is 13.1 Å². The lowest BCUT2D eigenvalue weighted by Gasteiger charge is -2.26. The van der Waals surface area contributed by atoms with Gasteiger partial charge in [0.25, 0.3) is 0 Å². The molecule has 1 saturated heterocycles. The predicted molar refractivity (Wildman–Crippen MR) is 86.3 cm³/mol. The summed E-state index contributed by atoms with van der Waals surface area (Å²) < 4.78 is 10.4. The van der Waals surface area contributed by atoms with Crippen LogP contribution < -0.4 is 5.63 Å². The maximum atomic E-state index is 12.4. The number of morpholine rings is 1. The Morgan fingerprint density at radius 2 is 1.96 bits per heavy atom. The zero-order valence-electron chi connectivity index (χ0n) is 13.2. The van der Waals surface area contributed by atoms with Gasteiger partial charge in [-0.1, -0.05) is 0 Å². The number of aliphatic hydroxyl groups excluding tert-OH is 1. The summed E-state index contributed by atoms with van der Waals surface area (Å²) in [6.07, 6.45) is 0.211. The van der Waals surface area contributed by atoms with Crippen LogP contribution in [0.15, 0.2) is 27.4 Å². The van der Waals surface area contributed by atoms with E-state index in [0.29, 0.717) is 30.7 Å². The van der Waals surface area contributed by atoms with Crippen LogP contribution in [-0.2, 0) is 11.3 Å². The molecule has 2 heterocycles. The second-order valence-corrected chi connectivity index (χ2v) is 5.75. The number of ether oxygens (including phenoxy) is 1. The third kappa shape index (κ3) is 3.48. The van der Waals surface area contributed by atoms with E-state index in [4.69, 9.17) is 9.15 Å². The zero-order chi connectivity index (χ0) is 17.1. The summed E-state index contributed by atoms with van der Waals surface area (Å²) in [5.74, 6) is -0.407. The molecule has 1 fully saturated rings. The van der Waals surface area contributed by atoms with Crippen molar-refractivity contribution in [2.24, 2.45) is 0 Å². The summed E-state index contributed by atoms with van der Waals surface area (Å²) in [5.41, 5.74) is -0.218. The molecular formula is C17H19NO6. The molecule has 0 bridgehead atoms. The molecule has 2 aromatic rings. The molecule has 24 heavy (non-hydrogen) atoms. The van der Waals surface area contributed by atoms with E-state index in [9.17, 15) is 19.8 Å². The first-order valence-electron chi connectivity index (χ1n) is 7.82.